The van der Waals surface area contributed by atoms with Crippen molar-refractivity contribution in [3.63, 3.8) is 0 Å². The molecule has 2 aromatic heterocycles. The van der Waals surface area contributed by atoms with Gasteiger partial charge in [-0.3, -0.25) is 9.59 Å². The van der Waals surface area contributed by atoms with Crippen molar-refractivity contribution in [1.82, 2.24) is 19.7 Å². The van der Waals surface area contributed by atoms with E-state index in [-0.39, 0.29) is 5.56 Å². The molecule has 3 heterocycles. The molecule has 0 aromatic carbocycles. The highest BCUT2D eigenvalue weighted by atomic mass is 19.4. The zero-order chi connectivity index (χ0) is 16.8. The number of carboxylic acids is 1. The van der Waals surface area contributed by atoms with Crippen molar-refractivity contribution >= 4 is 17.4 Å². The predicted octanol–water partition coefficient (Wildman–Crippen LogP) is 1.06. The van der Waals surface area contributed by atoms with Crippen molar-refractivity contribution in [3.05, 3.63) is 30.1 Å². The maximum atomic E-state index is 13.0. The fourth-order valence-corrected chi connectivity index (χ4v) is 2.72. The van der Waals surface area contributed by atoms with Crippen LogP contribution in [0.4, 0.5) is 13.2 Å². The molecule has 0 saturated carbocycles. The number of aliphatic carboxylic acids is 1. The first kappa shape index (κ1) is 15.3. The molecule has 0 spiro atoms. The second kappa shape index (κ2) is 5.21. The van der Waals surface area contributed by atoms with E-state index in [2.05, 4.69) is 10.2 Å². The highest BCUT2D eigenvalue weighted by molar-refractivity contribution is 6.00. The fourth-order valence-electron chi connectivity index (χ4n) is 2.72. The molecule has 2 aromatic rings. The van der Waals surface area contributed by atoms with Gasteiger partial charge in [-0.2, -0.15) is 28.0 Å². The van der Waals surface area contributed by atoms with Gasteiger partial charge in [0.25, 0.3) is 5.91 Å². The Bertz CT molecular complexity index is 773. The molecule has 1 amide bonds. The van der Waals surface area contributed by atoms with E-state index in [0.29, 0.717) is 5.52 Å². The van der Waals surface area contributed by atoms with Gasteiger partial charge < -0.3 is 10.0 Å². The summed E-state index contributed by atoms with van der Waals surface area (Å²) in [5, 5.41) is 16.7. The van der Waals surface area contributed by atoms with Gasteiger partial charge in [0.05, 0.1) is 23.6 Å². The number of carbonyl (C=O) groups is 2. The molecule has 0 bridgehead atoms. The first-order valence-corrected chi connectivity index (χ1v) is 6.67. The summed E-state index contributed by atoms with van der Waals surface area (Å²) in [6.07, 6.45) is -2.02. The lowest BCUT2D eigenvalue weighted by Gasteiger charge is -2.18. The van der Waals surface area contributed by atoms with Gasteiger partial charge in [-0.1, -0.05) is 0 Å². The number of likely N-dealkylation sites (tertiary alicyclic amines) is 1. The van der Waals surface area contributed by atoms with Crippen molar-refractivity contribution in [1.29, 1.82) is 0 Å². The predicted molar refractivity (Wildman–Crippen MR) is 69.6 cm³/mol. The topological polar surface area (TPSA) is 87.8 Å². The van der Waals surface area contributed by atoms with Crippen LogP contribution in [0.1, 0.15) is 10.4 Å². The van der Waals surface area contributed by atoms with E-state index in [1.165, 1.54) is 17.0 Å². The molecule has 122 valence electrons. The number of amides is 1. The maximum absolute atomic E-state index is 13.0. The highest BCUT2D eigenvalue weighted by Crippen LogP contribution is 2.38. The molecule has 2 atom stereocenters. The molecule has 0 radical (unpaired) electrons. The molecule has 0 aliphatic carbocycles. The number of fused-ring (bicyclic) bond motifs is 1. The minimum absolute atomic E-state index is 0.0880. The number of hydrogen-bond donors (Lipinski definition) is 1. The molecule has 1 aliphatic rings. The highest BCUT2D eigenvalue weighted by Gasteiger charge is 2.53. The Hall–Kier alpha value is -2.65. The summed E-state index contributed by atoms with van der Waals surface area (Å²) in [4.78, 5) is 24.4. The van der Waals surface area contributed by atoms with Gasteiger partial charge in [-0.25, -0.2) is 0 Å². The van der Waals surface area contributed by atoms with Gasteiger partial charge in [0.15, 0.2) is 0 Å². The Balaban J connectivity index is 1.90. The normalized spacial score (nSPS) is 21.8. The van der Waals surface area contributed by atoms with E-state index >= 15 is 0 Å². The zero-order valence-electron chi connectivity index (χ0n) is 11.6. The zero-order valence-corrected chi connectivity index (χ0v) is 11.6. The Morgan fingerprint density at radius 1 is 1.26 bits per heavy atom. The second-order valence-corrected chi connectivity index (χ2v) is 5.26. The number of alkyl halides is 3. The summed E-state index contributed by atoms with van der Waals surface area (Å²) in [5.74, 6) is -6.00. The van der Waals surface area contributed by atoms with Crippen LogP contribution in [0.25, 0.3) is 5.52 Å². The maximum Gasteiger partial charge on any atom is 0.394 e. The standard InChI is InChI=1S/C13H11F3N4O3/c14-13(15,16)9-6-19(5-8(9)12(22)23)11(21)7-4-18-20-10(7)2-1-3-17-20/h1-4,8-9H,5-6H2,(H,22,23)/t8-,9-/m1/s1. The quantitative estimate of drug-likeness (QED) is 0.891. The fraction of sp³-hybridized carbons (Fsp3) is 0.385. The minimum Gasteiger partial charge on any atom is -0.481 e. The molecule has 1 aliphatic heterocycles. The average Bonchev–Trinajstić information content (AvgIpc) is 3.10. The number of aromatic nitrogens is 3. The van der Waals surface area contributed by atoms with Crippen molar-refractivity contribution in [2.24, 2.45) is 11.8 Å². The lowest BCUT2D eigenvalue weighted by molar-refractivity contribution is -0.187. The molecular weight excluding hydrogens is 317 g/mol. The summed E-state index contributed by atoms with van der Waals surface area (Å²) in [6.45, 7) is -1.17. The number of halogens is 3. The molecule has 10 heteroatoms. The minimum atomic E-state index is -4.68. The van der Waals surface area contributed by atoms with Gasteiger partial charge in [0.1, 0.15) is 5.52 Å². The van der Waals surface area contributed by atoms with Crippen LogP contribution in [0.3, 0.4) is 0 Å². The Morgan fingerprint density at radius 3 is 2.61 bits per heavy atom. The summed E-state index contributed by atoms with van der Waals surface area (Å²) >= 11 is 0. The van der Waals surface area contributed by atoms with Crippen LogP contribution in [0, 0.1) is 11.8 Å². The third-order valence-electron chi connectivity index (χ3n) is 3.88. The van der Waals surface area contributed by atoms with E-state index in [9.17, 15) is 22.8 Å². The van der Waals surface area contributed by atoms with Crippen molar-refractivity contribution < 1.29 is 27.9 Å². The Morgan fingerprint density at radius 2 is 2.00 bits per heavy atom. The molecule has 1 saturated heterocycles. The molecule has 1 N–H and O–H groups in total. The number of carbonyl (C=O) groups excluding carboxylic acids is 1. The smallest absolute Gasteiger partial charge is 0.394 e. The van der Waals surface area contributed by atoms with Crippen LogP contribution in [0.15, 0.2) is 24.5 Å². The first-order chi connectivity index (χ1) is 10.8. The summed E-state index contributed by atoms with van der Waals surface area (Å²) < 4.78 is 40.1. The Kier molecular flexibility index (Phi) is 3.46. The van der Waals surface area contributed by atoms with Crippen molar-refractivity contribution in [2.75, 3.05) is 13.1 Å². The van der Waals surface area contributed by atoms with Crippen LogP contribution in [-0.2, 0) is 4.79 Å². The third kappa shape index (κ3) is 2.60. The molecule has 3 rings (SSSR count). The van der Waals surface area contributed by atoms with E-state index < -0.39 is 43.0 Å². The SMILES string of the molecule is O=C(O)[C@@H]1CN(C(=O)c2cnn3ncccc23)C[C@H]1C(F)(F)F. The largest absolute Gasteiger partial charge is 0.481 e. The van der Waals surface area contributed by atoms with Crippen molar-refractivity contribution in [3.8, 4) is 0 Å². The summed E-state index contributed by atoms with van der Waals surface area (Å²) in [6, 6.07) is 3.12. The van der Waals surface area contributed by atoms with E-state index in [0.717, 1.165) is 4.90 Å². The number of rotatable bonds is 2. The van der Waals surface area contributed by atoms with Crippen LogP contribution in [0.5, 0.6) is 0 Å². The number of carboxylic acid groups (broad SMARTS) is 1. The molecule has 1 fully saturated rings. The third-order valence-corrected chi connectivity index (χ3v) is 3.88. The van der Waals surface area contributed by atoms with Gasteiger partial charge in [-0.05, 0) is 12.1 Å². The van der Waals surface area contributed by atoms with Crippen molar-refractivity contribution in [2.45, 2.75) is 6.18 Å². The molecular formula is C13H11F3N4O3. The first-order valence-electron chi connectivity index (χ1n) is 6.67. The summed E-state index contributed by atoms with van der Waals surface area (Å²) in [5.41, 5.74) is 0.435. The molecule has 0 unspecified atom stereocenters. The number of hydrogen-bond acceptors (Lipinski definition) is 4. The van der Waals surface area contributed by atoms with Gasteiger partial charge >= 0.3 is 12.1 Å². The van der Waals surface area contributed by atoms with Gasteiger partial charge in [0, 0.05) is 19.3 Å². The Labute approximate surface area is 127 Å². The second-order valence-electron chi connectivity index (χ2n) is 5.26. The molecule has 23 heavy (non-hydrogen) atoms. The van der Waals surface area contributed by atoms with Gasteiger partial charge in [-0.15, -0.1) is 0 Å². The monoisotopic (exact) mass is 328 g/mol. The lowest BCUT2D eigenvalue weighted by Crippen LogP contribution is -2.34. The van der Waals surface area contributed by atoms with E-state index in [1.807, 2.05) is 0 Å². The van der Waals surface area contributed by atoms with E-state index in [1.54, 1.807) is 12.1 Å². The van der Waals surface area contributed by atoms with Gasteiger partial charge in [0.2, 0.25) is 0 Å². The summed E-state index contributed by atoms with van der Waals surface area (Å²) in [7, 11) is 0. The van der Waals surface area contributed by atoms with Crippen LogP contribution in [-0.4, -0.2) is 56.0 Å². The number of nitrogens with zero attached hydrogens (tertiary/aromatic N) is 4. The molecule has 7 nitrogen and oxygen atoms in total. The van der Waals surface area contributed by atoms with Crippen LogP contribution in [0.2, 0.25) is 0 Å². The van der Waals surface area contributed by atoms with E-state index in [4.69, 9.17) is 5.11 Å². The van der Waals surface area contributed by atoms with Crippen LogP contribution >= 0.6 is 0 Å². The van der Waals surface area contributed by atoms with Crippen LogP contribution < -0.4 is 0 Å². The average molecular weight is 328 g/mol. The lowest BCUT2D eigenvalue weighted by atomic mass is 9.96.